The van der Waals surface area contributed by atoms with E-state index in [0.29, 0.717) is 22.2 Å². The van der Waals surface area contributed by atoms with Gasteiger partial charge in [-0.25, -0.2) is 0 Å². The molecule has 5 N–H and O–H groups in total. The molecule has 1 aromatic rings. The molecule has 0 aliphatic heterocycles. The molecule has 0 atom stereocenters. The molecule has 0 aliphatic rings. The number of nitrogen functional groups attached to an aromatic ring is 1. The number of anilines is 2. The summed E-state index contributed by atoms with van der Waals surface area (Å²) in [5.41, 5.74) is 11.6. The minimum Gasteiger partial charge on any atom is -0.486 e. The number of hydrogen-bond acceptors (Lipinski definition) is 5. The Morgan fingerprint density at radius 3 is 2.47 bits per heavy atom. The average Bonchev–Trinajstić information content (AvgIpc) is 2.56. The van der Waals surface area contributed by atoms with Crippen LogP contribution in [0.4, 0.5) is 10.7 Å². The van der Waals surface area contributed by atoms with Crippen LogP contribution in [0.2, 0.25) is 0 Å². The second-order valence-corrected chi connectivity index (χ2v) is 6.16. The van der Waals surface area contributed by atoms with Crippen LogP contribution in [-0.4, -0.2) is 18.6 Å². The van der Waals surface area contributed by atoms with Crippen molar-refractivity contribution in [1.82, 2.24) is 0 Å². The Balaban J connectivity index is 2.93. The maximum absolute atomic E-state index is 11.3. The van der Waals surface area contributed by atoms with Crippen LogP contribution in [0.3, 0.4) is 0 Å². The first-order valence-corrected chi connectivity index (χ1v) is 7.27. The van der Waals surface area contributed by atoms with Crippen molar-refractivity contribution < 1.29 is 9.53 Å². The van der Waals surface area contributed by atoms with Crippen molar-refractivity contribution in [3.63, 3.8) is 0 Å². The predicted molar refractivity (Wildman–Crippen MR) is 81.0 cm³/mol. The van der Waals surface area contributed by atoms with Gasteiger partial charge in [0.25, 0.3) is 5.91 Å². The number of rotatable bonds is 7. The lowest BCUT2D eigenvalue weighted by atomic mass is 10.1. The number of amides is 1. The van der Waals surface area contributed by atoms with Crippen LogP contribution in [0, 0.1) is 5.92 Å². The second kappa shape index (κ2) is 6.65. The molecular weight excluding hydrogens is 262 g/mol. The van der Waals surface area contributed by atoms with Gasteiger partial charge in [-0.05, 0) is 26.2 Å². The summed E-state index contributed by atoms with van der Waals surface area (Å²) in [5, 5.41) is 4.05. The molecule has 0 aromatic carbocycles. The summed E-state index contributed by atoms with van der Waals surface area (Å²) in [6, 6.07) is 0. The number of ether oxygens (including phenoxy) is 1. The summed E-state index contributed by atoms with van der Waals surface area (Å²) in [5.74, 6) is 0.625. The first kappa shape index (κ1) is 15.6. The molecule has 0 bridgehead atoms. The molecule has 108 valence electrons. The molecule has 1 aromatic heterocycles. The van der Waals surface area contributed by atoms with Crippen molar-refractivity contribution in [1.29, 1.82) is 0 Å². The molecule has 0 saturated heterocycles. The summed E-state index contributed by atoms with van der Waals surface area (Å²) in [6.45, 7) is 8.96. The molecule has 0 unspecified atom stereocenters. The summed E-state index contributed by atoms with van der Waals surface area (Å²) in [7, 11) is 0. The highest BCUT2D eigenvalue weighted by atomic mass is 32.1. The monoisotopic (exact) mass is 285 g/mol. The van der Waals surface area contributed by atoms with E-state index in [0.717, 1.165) is 18.0 Å². The van der Waals surface area contributed by atoms with Gasteiger partial charge in [0.15, 0.2) is 5.75 Å². The fraction of sp³-hybridized carbons (Fsp3) is 0.615. The zero-order valence-electron chi connectivity index (χ0n) is 11.9. The minimum atomic E-state index is -0.520. The van der Waals surface area contributed by atoms with Crippen molar-refractivity contribution in [2.24, 2.45) is 11.7 Å². The minimum absolute atomic E-state index is 0.0109. The van der Waals surface area contributed by atoms with E-state index >= 15 is 0 Å². The molecule has 0 radical (unpaired) electrons. The second-order valence-electron chi connectivity index (χ2n) is 5.14. The van der Waals surface area contributed by atoms with Crippen molar-refractivity contribution in [2.45, 2.75) is 40.2 Å². The van der Waals surface area contributed by atoms with Crippen LogP contribution < -0.4 is 21.5 Å². The lowest BCUT2D eigenvalue weighted by molar-refractivity contribution is 0.100. The Labute approximate surface area is 118 Å². The standard InChI is InChI=1S/C13H23N3O2S/c1-7(2)5-6-16-13-10(18-8(3)4)9(14)11(19-13)12(15)17/h7-8,16H,5-6,14H2,1-4H3,(H2,15,17). The molecule has 0 aliphatic carbocycles. The van der Waals surface area contributed by atoms with Gasteiger partial charge in [-0.2, -0.15) is 0 Å². The van der Waals surface area contributed by atoms with Gasteiger partial charge in [-0.1, -0.05) is 13.8 Å². The van der Waals surface area contributed by atoms with Gasteiger partial charge < -0.3 is 21.5 Å². The Morgan fingerprint density at radius 1 is 1.37 bits per heavy atom. The van der Waals surface area contributed by atoms with E-state index in [4.69, 9.17) is 16.2 Å². The third-order valence-corrected chi connectivity index (χ3v) is 3.64. The van der Waals surface area contributed by atoms with Gasteiger partial charge in [0.05, 0.1) is 6.10 Å². The fourth-order valence-corrected chi connectivity index (χ4v) is 2.49. The van der Waals surface area contributed by atoms with Gasteiger partial charge in [0, 0.05) is 6.54 Å². The first-order valence-electron chi connectivity index (χ1n) is 6.45. The Bertz CT molecular complexity index is 441. The summed E-state index contributed by atoms with van der Waals surface area (Å²) < 4.78 is 5.68. The number of hydrogen-bond donors (Lipinski definition) is 3. The van der Waals surface area contributed by atoms with Crippen molar-refractivity contribution in [3.8, 4) is 5.75 Å². The van der Waals surface area contributed by atoms with Crippen LogP contribution >= 0.6 is 11.3 Å². The third-order valence-electron chi connectivity index (χ3n) is 2.48. The quantitative estimate of drug-likeness (QED) is 0.718. The van der Waals surface area contributed by atoms with E-state index in [9.17, 15) is 4.79 Å². The molecule has 6 heteroatoms. The van der Waals surface area contributed by atoms with Crippen LogP contribution in [0.5, 0.6) is 5.75 Å². The summed E-state index contributed by atoms with van der Waals surface area (Å²) in [6.07, 6.45) is 1.02. The third kappa shape index (κ3) is 4.31. The molecule has 1 heterocycles. The largest absolute Gasteiger partial charge is 0.486 e. The number of nitrogens with two attached hydrogens (primary N) is 2. The van der Waals surface area contributed by atoms with Crippen molar-refractivity contribution >= 4 is 27.9 Å². The lowest BCUT2D eigenvalue weighted by Gasteiger charge is -2.13. The molecule has 1 amide bonds. The lowest BCUT2D eigenvalue weighted by Crippen LogP contribution is -2.12. The smallest absolute Gasteiger partial charge is 0.261 e. The van der Waals surface area contributed by atoms with Crippen LogP contribution in [0.15, 0.2) is 0 Å². The van der Waals surface area contributed by atoms with Gasteiger partial charge in [-0.15, -0.1) is 11.3 Å². The van der Waals surface area contributed by atoms with E-state index < -0.39 is 5.91 Å². The zero-order chi connectivity index (χ0) is 14.6. The highest BCUT2D eigenvalue weighted by Gasteiger charge is 2.21. The summed E-state index contributed by atoms with van der Waals surface area (Å²) in [4.78, 5) is 11.7. The fourth-order valence-electron chi connectivity index (χ4n) is 1.56. The van der Waals surface area contributed by atoms with Gasteiger partial charge in [0.2, 0.25) is 0 Å². The SMILES string of the molecule is CC(C)CCNc1sc(C(N)=O)c(N)c1OC(C)C. The van der Waals surface area contributed by atoms with Crippen molar-refractivity contribution in [2.75, 3.05) is 17.6 Å². The molecule has 0 spiro atoms. The van der Waals surface area contributed by atoms with Crippen LogP contribution in [-0.2, 0) is 0 Å². The maximum atomic E-state index is 11.3. The van der Waals surface area contributed by atoms with Gasteiger partial charge >= 0.3 is 0 Å². The van der Waals surface area contributed by atoms with Crippen LogP contribution in [0.1, 0.15) is 43.8 Å². The summed E-state index contributed by atoms with van der Waals surface area (Å²) >= 11 is 1.25. The number of thiophene rings is 1. The maximum Gasteiger partial charge on any atom is 0.261 e. The van der Waals surface area contributed by atoms with E-state index in [2.05, 4.69) is 19.2 Å². The molecule has 0 fully saturated rings. The molecule has 0 saturated carbocycles. The first-order chi connectivity index (χ1) is 8.82. The van der Waals surface area contributed by atoms with E-state index in [-0.39, 0.29) is 6.10 Å². The number of primary amides is 1. The average molecular weight is 285 g/mol. The van der Waals surface area contributed by atoms with Crippen LogP contribution in [0.25, 0.3) is 0 Å². The molecule has 5 nitrogen and oxygen atoms in total. The number of nitrogens with one attached hydrogen (secondary N) is 1. The van der Waals surface area contributed by atoms with Gasteiger partial charge in [0.1, 0.15) is 15.6 Å². The predicted octanol–water partition coefficient (Wildman–Crippen LogP) is 2.67. The number of carbonyl (C=O) groups is 1. The van der Waals surface area contributed by atoms with Crippen molar-refractivity contribution in [3.05, 3.63) is 4.88 Å². The highest BCUT2D eigenvalue weighted by Crippen LogP contribution is 2.42. The molecular formula is C13H23N3O2S. The van der Waals surface area contributed by atoms with E-state index in [1.807, 2.05) is 13.8 Å². The molecule has 1 rings (SSSR count). The normalized spacial score (nSPS) is 11.1. The van der Waals surface area contributed by atoms with Gasteiger partial charge in [-0.3, -0.25) is 4.79 Å². The van der Waals surface area contributed by atoms with E-state index in [1.54, 1.807) is 0 Å². The Kier molecular flexibility index (Phi) is 5.47. The zero-order valence-corrected chi connectivity index (χ0v) is 12.8. The topological polar surface area (TPSA) is 90.4 Å². The number of carbonyl (C=O) groups excluding carboxylic acids is 1. The molecule has 19 heavy (non-hydrogen) atoms. The Morgan fingerprint density at radius 2 is 2.00 bits per heavy atom. The Hall–Kier alpha value is -1.43. The highest BCUT2D eigenvalue weighted by molar-refractivity contribution is 7.19. The van der Waals surface area contributed by atoms with E-state index in [1.165, 1.54) is 11.3 Å².